The molecule has 27 heavy (non-hydrogen) atoms. The van der Waals surface area contributed by atoms with Crippen molar-refractivity contribution in [2.24, 2.45) is 0 Å². The predicted molar refractivity (Wildman–Crippen MR) is 112 cm³/mol. The van der Waals surface area contributed by atoms with Gasteiger partial charge in [0.1, 0.15) is 5.75 Å². The van der Waals surface area contributed by atoms with Crippen LogP contribution in [0.3, 0.4) is 0 Å². The van der Waals surface area contributed by atoms with Gasteiger partial charge in [-0.05, 0) is 48.0 Å². The van der Waals surface area contributed by atoms with E-state index >= 15 is 0 Å². The van der Waals surface area contributed by atoms with E-state index in [0.717, 1.165) is 31.3 Å². The van der Waals surface area contributed by atoms with Crippen LogP contribution in [0.1, 0.15) is 6.92 Å². The number of hydrogen-bond acceptors (Lipinski definition) is 3. The first-order chi connectivity index (χ1) is 13.1. The molecule has 2 nitrogen and oxygen atoms in total. The largest absolute Gasteiger partial charge is 0.422 e. The molecule has 0 bridgehead atoms. The quantitative estimate of drug-likeness (QED) is 0.175. The third kappa shape index (κ3) is 3.60. The predicted octanol–water partition coefficient (Wildman–Crippen LogP) is 6.63. The Morgan fingerprint density at radius 1 is 0.815 bits per heavy atom. The van der Waals surface area contributed by atoms with Crippen molar-refractivity contribution >= 4 is 39.3 Å². The maximum Gasteiger partial charge on any atom is 0.338 e. The molecule has 0 unspecified atom stereocenters. The number of carbonyl (C=O) groups is 1. The van der Waals surface area contributed by atoms with E-state index in [4.69, 9.17) is 4.74 Å². The molecule has 0 aliphatic carbocycles. The average molecular weight is 370 g/mol. The number of esters is 1. The lowest BCUT2D eigenvalue weighted by Gasteiger charge is -2.13. The molecule has 4 aromatic rings. The lowest BCUT2D eigenvalue weighted by Crippen LogP contribution is -2.08. The van der Waals surface area contributed by atoms with Crippen molar-refractivity contribution in [3.63, 3.8) is 0 Å². The summed E-state index contributed by atoms with van der Waals surface area (Å²) in [5, 5.41) is 3.92. The van der Waals surface area contributed by atoms with Gasteiger partial charge >= 0.3 is 5.97 Å². The van der Waals surface area contributed by atoms with Crippen molar-refractivity contribution in [1.82, 2.24) is 0 Å². The molecule has 0 aromatic heterocycles. The van der Waals surface area contributed by atoms with Crippen molar-refractivity contribution in [2.75, 3.05) is 0 Å². The van der Waals surface area contributed by atoms with Crippen LogP contribution in [0.2, 0.25) is 0 Å². The maximum absolute atomic E-state index is 12.2. The zero-order valence-corrected chi connectivity index (χ0v) is 15.8. The van der Waals surface area contributed by atoms with Gasteiger partial charge in [-0.1, -0.05) is 66.9 Å². The fourth-order valence-electron chi connectivity index (χ4n) is 2.98. The Morgan fingerprint density at radius 2 is 1.52 bits per heavy atom. The van der Waals surface area contributed by atoms with Crippen LogP contribution < -0.4 is 4.74 Å². The molecule has 0 aliphatic rings. The molecular formula is C24H18O2S. The second kappa shape index (κ2) is 7.29. The molecule has 0 atom stereocenters. The number of fused-ring (bicyclic) bond motifs is 2. The van der Waals surface area contributed by atoms with Crippen molar-refractivity contribution in [3.05, 3.63) is 91.0 Å². The highest BCUT2D eigenvalue weighted by molar-refractivity contribution is 7.99. The Kier molecular flexibility index (Phi) is 4.69. The Hall–Kier alpha value is -3.04. The summed E-state index contributed by atoms with van der Waals surface area (Å²) in [5.41, 5.74) is 0.380. The Labute approximate surface area is 162 Å². The maximum atomic E-state index is 12.2. The fraction of sp³-hybridized carbons (Fsp3) is 0.0417. The summed E-state index contributed by atoms with van der Waals surface area (Å²) in [6, 6.07) is 26.5. The Balaban J connectivity index is 1.88. The van der Waals surface area contributed by atoms with E-state index in [1.165, 1.54) is 0 Å². The highest BCUT2D eigenvalue weighted by atomic mass is 32.2. The van der Waals surface area contributed by atoms with Gasteiger partial charge in [-0.2, -0.15) is 0 Å². The minimum atomic E-state index is -0.409. The van der Waals surface area contributed by atoms with Crippen molar-refractivity contribution in [1.29, 1.82) is 0 Å². The molecule has 0 fully saturated rings. The first-order valence-corrected chi connectivity index (χ1v) is 9.49. The zero-order valence-electron chi connectivity index (χ0n) is 14.9. The smallest absolute Gasteiger partial charge is 0.338 e. The molecule has 0 N–H and O–H groups in total. The zero-order chi connectivity index (χ0) is 18.8. The van der Waals surface area contributed by atoms with Gasteiger partial charge in [0.05, 0.1) is 0 Å². The highest BCUT2D eigenvalue weighted by Crippen LogP contribution is 2.38. The molecule has 0 spiro atoms. The summed E-state index contributed by atoms with van der Waals surface area (Å²) >= 11 is 1.68. The SMILES string of the molecule is C=C(C)C(=O)Oc1c2ccccc2cc2ccc(Sc3ccccc3)cc12. The molecule has 4 rings (SSSR count). The monoisotopic (exact) mass is 370 g/mol. The molecular weight excluding hydrogens is 352 g/mol. The van der Waals surface area contributed by atoms with Crippen molar-refractivity contribution < 1.29 is 9.53 Å². The standard InChI is InChI=1S/C24H18O2S/c1-16(2)24(25)26-23-21-11-7-6-8-17(21)14-18-12-13-20(15-22(18)23)27-19-9-4-3-5-10-19/h3-15H,1H2,2H3. The van der Waals surface area contributed by atoms with Crippen LogP contribution in [0.15, 0.2) is 101 Å². The first kappa shape index (κ1) is 17.4. The molecule has 132 valence electrons. The van der Waals surface area contributed by atoms with E-state index in [2.05, 4.69) is 43.0 Å². The molecule has 0 aliphatic heterocycles. The van der Waals surface area contributed by atoms with Gasteiger partial charge in [0.15, 0.2) is 0 Å². The van der Waals surface area contributed by atoms with Gasteiger partial charge in [0.2, 0.25) is 0 Å². The summed E-state index contributed by atoms with van der Waals surface area (Å²) in [6.45, 7) is 5.37. The lowest BCUT2D eigenvalue weighted by atomic mass is 10.0. The topological polar surface area (TPSA) is 26.3 Å². The van der Waals surface area contributed by atoms with Gasteiger partial charge in [-0.25, -0.2) is 4.79 Å². The van der Waals surface area contributed by atoms with Gasteiger partial charge in [-0.15, -0.1) is 0 Å². The number of ether oxygens (including phenoxy) is 1. The molecule has 0 heterocycles. The van der Waals surface area contributed by atoms with E-state index in [0.29, 0.717) is 11.3 Å². The summed E-state index contributed by atoms with van der Waals surface area (Å²) in [5.74, 6) is 0.181. The second-order valence-corrected chi connectivity index (χ2v) is 7.54. The lowest BCUT2D eigenvalue weighted by molar-refractivity contribution is -0.129. The van der Waals surface area contributed by atoms with Crippen molar-refractivity contribution in [2.45, 2.75) is 16.7 Å². The molecule has 4 aromatic carbocycles. The van der Waals surface area contributed by atoms with Gasteiger partial charge in [-0.3, -0.25) is 0 Å². The normalized spacial score (nSPS) is 10.9. The molecule has 3 heteroatoms. The Morgan fingerprint density at radius 3 is 2.30 bits per heavy atom. The molecule has 0 radical (unpaired) electrons. The number of rotatable bonds is 4. The van der Waals surface area contributed by atoms with Crippen LogP contribution in [0.25, 0.3) is 21.5 Å². The second-order valence-electron chi connectivity index (χ2n) is 6.39. The minimum Gasteiger partial charge on any atom is -0.422 e. The van der Waals surface area contributed by atoms with Crippen LogP contribution in [0.5, 0.6) is 5.75 Å². The van der Waals surface area contributed by atoms with Crippen LogP contribution >= 0.6 is 11.8 Å². The van der Waals surface area contributed by atoms with Gasteiger partial charge in [0, 0.05) is 26.1 Å². The third-order valence-corrected chi connectivity index (χ3v) is 5.31. The number of carbonyl (C=O) groups excluding carboxylic acids is 1. The van der Waals surface area contributed by atoms with E-state index in [-0.39, 0.29) is 0 Å². The summed E-state index contributed by atoms with van der Waals surface area (Å²) in [7, 11) is 0. The van der Waals surface area contributed by atoms with Crippen molar-refractivity contribution in [3.8, 4) is 5.75 Å². The Bertz CT molecular complexity index is 1160. The summed E-state index contributed by atoms with van der Waals surface area (Å²) in [4.78, 5) is 14.5. The van der Waals surface area contributed by atoms with Crippen LogP contribution in [0, 0.1) is 0 Å². The molecule has 0 saturated heterocycles. The summed E-state index contributed by atoms with van der Waals surface area (Å²) < 4.78 is 5.76. The van der Waals surface area contributed by atoms with Crippen LogP contribution in [-0.4, -0.2) is 5.97 Å². The fourth-order valence-corrected chi connectivity index (χ4v) is 3.86. The number of hydrogen-bond donors (Lipinski definition) is 0. The third-order valence-electron chi connectivity index (χ3n) is 4.31. The van der Waals surface area contributed by atoms with Gasteiger partial charge in [0.25, 0.3) is 0 Å². The average Bonchev–Trinajstić information content (AvgIpc) is 2.68. The number of benzene rings is 4. The molecule has 0 amide bonds. The molecule has 0 saturated carbocycles. The van der Waals surface area contributed by atoms with E-state index in [9.17, 15) is 4.79 Å². The van der Waals surface area contributed by atoms with Crippen LogP contribution in [-0.2, 0) is 4.79 Å². The highest BCUT2D eigenvalue weighted by Gasteiger charge is 2.14. The van der Waals surface area contributed by atoms with E-state index in [1.807, 2.05) is 42.5 Å². The van der Waals surface area contributed by atoms with Crippen LogP contribution in [0.4, 0.5) is 0 Å². The minimum absolute atomic E-state index is 0.380. The first-order valence-electron chi connectivity index (χ1n) is 8.68. The summed E-state index contributed by atoms with van der Waals surface area (Å²) in [6.07, 6.45) is 0. The van der Waals surface area contributed by atoms with Gasteiger partial charge < -0.3 is 4.74 Å². The van der Waals surface area contributed by atoms with E-state index in [1.54, 1.807) is 18.7 Å². The van der Waals surface area contributed by atoms with E-state index < -0.39 is 5.97 Å².